The van der Waals surface area contributed by atoms with Crippen LogP contribution < -0.4 is 5.73 Å². The predicted molar refractivity (Wildman–Crippen MR) is 75.9 cm³/mol. The molecule has 0 spiro atoms. The Labute approximate surface area is 112 Å². The summed E-state index contributed by atoms with van der Waals surface area (Å²) in [5, 5.41) is 18.7. The van der Waals surface area contributed by atoms with Gasteiger partial charge in [0.15, 0.2) is 0 Å². The highest BCUT2D eigenvalue weighted by Crippen LogP contribution is 2.23. The van der Waals surface area contributed by atoms with E-state index in [9.17, 15) is 5.11 Å². The summed E-state index contributed by atoms with van der Waals surface area (Å²) in [4.78, 5) is 4.58. The maximum atomic E-state index is 9.68. The van der Waals surface area contributed by atoms with Crippen LogP contribution >= 0.6 is 0 Å². The van der Waals surface area contributed by atoms with Crippen molar-refractivity contribution in [2.45, 2.75) is 38.8 Å². The van der Waals surface area contributed by atoms with Crippen LogP contribution in [0.5, 0.6) is 0 Å². The number of nitrogens with zero attached hydrogens (tertiary/aromatic N) is 2. The third-order valence-electron chi connectivity index (χ3n) is 3.25. The molecule has 0 radical (unpaired) electrons. The van der Waals surface area contributed by atoms with Crippen LogP contribution in [-0.2, 0) is 13.0 Å². The topological polar surface area (TPSA) is 84.3 Å². The molecule has 1 aromatic carbocycles. The fourth-order valence-corrected chi connectivity index (χ4v) is 2.21. The number of imidazole rings is 1. The molecule has 2 aromatic rings. The van der Waals surface area contributed by atoms with Gasteiger partial charge in [-0.25, -0.2) is 4.98 Å². The number of hydrogen-bond acceptors (Lipinski definition) is 4. The fraction of sp³-hybridized carbons (Fsp3) is 0.500. The molecule has 1 heterocycles. The Kier molecular flexibility index (Phi) is 4.39. The van der Waals surface area contributed by atoms with Crippen LogP contribution in [0.1, 0.15) is 25.6 Å². The first-order chi connectivity index (χ1) is 9.17. The quantitative estimate of drug-likeness (QED) is 0.686. The molecule has 104 valence electrons. The smallest absolute Gasteiger partial charge is 0.112 e. The summed E-state index contributed by atoms with van der Waals surface area (Å²) in [5.41, 5.74) is 8.28. The molecule has 19 heavy (non-hydrogen) atoms. The van der Waals surface area contributed by atoms with E-state index >= 15 is 0 Å². The SMILES string of the molecule is CCCCc1nc2c(N)cccc2n1CC(O)CO. The minimum Gasteiger partial charge on any atom is -0.397 e. The third-order valence-corrected chi connectivity index (χ3v) is 3.25. The number of unbranched alkanes of at least 4 members (excludes halogenated alkanes) is 1. The molecule has 0 aliphatic heterocycles. The normalized spacial score (nSPS) is 13.0. The molecule has 1 aromatic heterocycles. The summed E-state index contributed by atoms with van der Waals surface area (Å²) in [7, 11) is 0. The average molecular weight is 263 g/mol. The number of aromatic nitrogens is 2. The second kappa shape index (κ2) is 6.04. The first-order valence-electron chi connectivity index (χ1n) is 6.69. The molecule has 0 saturated heterocycles. The lowest BCUT2D eigenvalue weighted by Crippen LogP contribution is -2.21. The van der Waals surface area contributed by atoms with E-state index in [1.807, 2.05) is 22.8 Å². The molecule has 0 aliphatic rings. The van der Waals surface area contributed by atoms with Crippen molar-refractivity contribution >= 4 is 16.7 Å². The lowest BCUT2D eigenvalue weighted by Gasteiger charge is -2.12. The van der Waals surface area contributed by atoms with Crippen molar-refractivity contribution in [2.75, 3.05) is 12.3 Å². The van der Waals surface area contributed by atoms with Crippen LogP contribution in [0, 0.1) is 0 Å². The maximum absolute atomic E-state index is 9.68. The first kappa shape index (κ1) is 13.8. The molecule has 0 bridgehead atoms. The number of hydrogen-bond donors (Lipinski definition) is 3. The van der Waals surface area contributed by atoms with Crippen molar-refractivity contribution in [3.8, 4) is 0 Å². The highest BCUT2D eigenvalue weighted by atomic mass is 16.3. The van der Waals surface area contributed by atoms with Crippen LogP contribution in [0.25, 0.3) is 11.0 Å². The van der Waals surface area contributed by atoms with Crippen LogP contribution in [0.15, 0.2) is 18.2 Å². The van der Waals surface area contributed by atoms with Gasteiger partial charge in [0.1, 0.15) is 11.3 Å². The maximum Gasteiger partial charge on any atom is 0.112 e. The zero-order valence-corrected chi connectivity index (χ0v) is 11.2. The number of aliphatic hydroxyl groups excluding tert-OH is 2. The predicted octanol–water partition coefficient (Wildman–Crippen LogP) is 1.31. The zero-order valence-electron chi connectivity index (χ0n) is 11.2. The molecule has 0 fully saturated rings. The molecular weight excluding hydrogens is 242 g/mol. The van der Waals surface area contributed by atoms with Gasteiger partial charge in [-0.2, -0.15) is 0 Å². The third kappa shape index (κ3) is 2.88. The Morgan fingerprint density at radius 3 is 2.89 bits per heavy atom. The number of nitrogen functional groups attached to an aromatic ring is 1. The zero-order chi connectivity index (χ0) is 13.8. The van der Waals surface area contributed by atoms with Gasteiger partial charge in [0.2, 0.25) is 0 Å². The molecule has 0 saturated carbocycles. The molecule has 0 amide bonds. The Morgan fingerprint density at radius 2 is 2.21 bits per heavy atom. The standard InChI is InChI=1S/C14H21N3O2/c1-2-3-7-13-16-14-11(15)5-4-6-12(14)17(13)8-10(19)9-18/h4-6,10,18-19H,2-3,7-9,15H2,1H3. The lowest BCUT2D eigenvalue weighted by atomic mass is 10.2. The van der Waals surface area contributed by atoms with Crippen molar-refractivity contribution in [2.24, 2.45) is 0 Å². The summed E-state index contributed by atoms with van der Waals surface area (Å²) in [6, 6.07) is 5.65. The molecule has 2 rings (SSSR count). The van der Waals surface area contributed by atoms with Crippen LogP contribution in [0.4, 0.5) is 5.69 Å². The van der Waals surface area contributed by atoms with E-state index < -0.39 is 6.10 Å². The summed E-state index contributed by atoms with van der Waals surface area (Å²) >= 11 is 0. The van der Waals surface area contributed by atoms with E-state index in [2.05, 4.69) is 11.9 Å². The monoisotopic (exact) mass is 263 g/mol. The van der Waals surface area contributed by atoms with E-state index in [-0.39, 0.29) is 6.61 Å². The van der Waals surface area contributed by atoms with Crippen LogP contribution in [0.2, 0.25) is 0 Å². The Bertz CT molecular complexity index is 551. The number of aliphatic hydroxyl groups is 2. The molecular formula is C14H21N3O2. The second-order valence-electron chi connectivity index (χ2n) is 4.79. The Balaban J connectivity index is 2.45. The average Bonchev–Trinajstić information content (AvgIpc) is 2.76. The van der Waals surface area contributed by atoms with Crippen molar-refractivity contribution in [3.63, 3.8) is 0 Å². The van der Waals surface area contributed by atoms with E-state index in [0.717, 1.165) is 36.1 Å². The number of anilines is 1. The van der Waals surface area contributed by atoms with Gasteiger partial charge >= 0.3 is 0 Å². The number of rotatable bonds is 6. The Hall–Kier alpha value is -1.59. The van der Waals surface area contributed by atoms with Gasteiger partial charge in [-0.3, -0.25) is 0 Å². The molecule has 5 nitrogen and oxygen atoms in total. The van der Waals surface area contributed by atoms with Gasteiger partial charge < -0.3 is 20.5 Å². The summed E-state index contributed by atoms with van der Waals surface area (Å²) in [5.74, 6) is 0.919. The number of fused-ring (bicyclic) bond motifs is 1. The summed E-state index contributed by atoms with van der Waals surface area (Å²) < 4.78 is 1.96. The van der Waals surface area contributed by atoms with Gasteiger partial charge in [0, 0.05) is 6.42 Å². The summed E-state index contributed by atoms with van der Waals surface area (Å²) in [6.45, 7) is 2.22. The van der Waals surface area contributed by atoms with Crippen molar-refractivity contribution in [3.05, 3.63) is 24.0 Å². The van der Waals surface area contributed by atoms with Crippen molar-refractivity contribution in [1.29, 1.82) is 0 Å². The highest BCUT2D eigenvalue weighted by molar-refractivity contribution is 5.87. The van der Waals surface area contributed by atoms with Gasteiger partial charge in [-0.15, -0.1) is 0 Å². The molecule has 1 unspecified atom stereocenters. The number of nitrogens with two attached hydrogens (primary N) is 1. The van der Waals surface area contributed by atoms with Gasteiger partial charge in [-0.05, 0) is 18.6 Å². The van der Waals surface area contributed by atoms with E-state index in [4.69, 9.17) is 10.8 Å². The van der Waals surface area contributed by atoms with E-state index in [1.54, 1.807) is 0 Å². The number of benzene rings is 1. The lowest BCUT2D eigenvalue weighted by molar-refractivity contribution is 0.0814. The fourth-order valence-electron chi connectivity index (χ4n) is 2.21. The van der Waals surface area contributed by atoms with E-state index in [1.165, 1.54) is 0 Å². The Morgan fingerprint density at radius 1 is 1.42 bits per heavy atom. The molecule has 4 N–H and O–H groups in total. The molecule has 1 atom stereocenters. The highest BCUT2D eigenvalue weighted by Gasteiger charge is 2.14. The number of aryl methyl sites for hydroxylation is 1. The molecule has 0 aliphatic carbocycles. The number of para-hydroxylation sites is 1. The van der Waals surface area contributed by atoms with Gasteiger partial charge in [-0.1, -0.05) is 19.4 Å². The van der Waals surface area contributed by atoms with Crippen molar-refractivity contribution < 1.29 is 10.2 Å². The summed E-state index contributed by atoms with van der Waals surface area (Å²) in [6.07, 6.45) is 2.20. The minimum absolute atomic E-state index is 0.255. The van der Waals surface area contributed by atoms with Gasteiger partial charge in [0.05, 0.1) is 30.5 Å². The van der Waals surface area contributed by atoms with Gasteiger partial charge in [0.25, 0.3) is 0 Å². The van der Waals surface area contributed by atoms with Crippen LogP contribution in [-0.4, -0.2) is 32.5 Å². The first-order valence-corrected chi connectivity index (χ1v) is 6.69. The largest absolute Gasteiger partial charge is 0.397 e. The van der Waals surface area contributed by atoms with Crippen LogP contribution in [0.3, 0.4) is 0 Å². The second-order valence-corrected chi connectivity index (χ2v) is 4.79. The minimum atomic E-state index is -0.779. The molecule has 5 heteroatoms. The van der Waals surface area contributed by atoms with E-state index in [0.29, 0.717) is 12.2 Å². The van der Waals surface area contributed by atoms with Crippen molar-refractivity contribution in [1.82, 2.24) is 9.55 Å².